The standard InChI is InChI=1S/C14H19N3O2/c1-2-19-10-6-9-13-15-16-14(11-18)17(13)12-7-4-3-5-8-12/h3-5,7-8,18H,2,6,9-11H2,1H3. The third-order valence-corrected chi connectivity index (χ3v) is 2.85. The first-order valence-electron chi connectivity index (χ1n) is 6.54. The average Bonchev–Trinajstić information content (AvgIpc) is 2.87. The van der Waals surface area contributed by atoms with Crippen molar-refractivity contribution < 1.29 is 9.84 Å². The average molecular weight is 261 g/mol. The summed E-state index contributed by atoms with van der Waals surface area (Å²) < 4.78 is 7.24. The zero-order valence-electron chi connectivity index (χ0n) is 11.1. The summed E-state index contributed by atoms with van der Waals surface area (Å²) in [6, 6.07) is 9.84. The summed E-state index contributed by atoms with van der Waals surface area (Å²) in [5.41, 5.74) is 0.975. The highest BCUT2D eigenvalue weighted by Crippen LogP contribution is 2.14. The van der Waals surface area contributed by atoms with Gasteiger partial charge in [-0.1, -0.05) is 18.2 Å². The summed E-state index contributed by atoms with van der Waals surface area (Å²) in [7, 11) is 0. The van der Waals surface area contributed by atoms with Crippen LogP contribution in [0.1, 0.15) is 25.0 Å². The summed E-state index contributed by atoms with van der Waals surface area (Å²) in [6.07, 6.45) is 1.67. The predicted octanol–water partition coefficient (Wildman–Crippen LogP) is 1.73. The monoisotopic (exact) mass is 261 g/mol. The lowest BCUT2D eigenvalue weighted by Crippen LogP contribution is -2.07. The molecule has 5 heteroatoms. The van der Waals surface area contributed by atoms with Crippen LogP contribution in [0.3, 0.4) is 0 Å². The van der Waals surface area contributed by atoms with Crippen molar-refractivity contribution in [1.29, 1.82) is 0 Å². The molecule has 0 aliphatic carbocycles. The minimum Gasteiger partial charge on any atom is -0.388 e. The van der Waals surface area contributed by atoms with E-state index in [0.29, 0.717) is 12.4 Å². The molecule has 0 aliphatic heterocycles. The first kappa shape index (κ1) is 13.7. The largest absolute Gasteiger partial charge is 0.388 e. The Balaban J connectivity index is 2.18. The highest BCUT2D eigenvalue weighted by Gasteiger charge is 2.12. The Kier molecular flexibility index (Phi) is 5.06. The molecule has 2 rings (SSSR count). The Morgan fingerprint density at radius 2 is 1.89 bits per heavy atom. The van der Waals surface area contributed by atoms with Crippen LogP contribution in [-0.2, 0) is 17.8 Å². The second kappa shape index (κ2) is 7.01. The minimum atomic E-state index is -0.118. The van der Waals surface area contributed by atoms with E-state index in [-0.39, 0.29) is 6.61 Å². The van der Waals surface area contributed by atoms with E-state index in [4.69, 9.17) is 4.74 Å². The number of nitrogens with zero attached hydrogens (tertiary/aromatic N) is 3. The van der Waals surface area contributed by atoms with Gasteiger partial charge >= 0.3 is 0 Å². The summed E-state index contributed by atoms with van der Waals surface area (Å²) in [5.74, 6) is 1.42. The molecular weight excluding hydrogens is 242 g/mol. The van der Waals surface area contributed by atoms with Crippen LogP contribution in [0.2, 0.25) is 0 Å². The number of rotatable bonds is 7. The Morgan fingerprint density at radius 3 is 2.58 bits per heavy atom. The normalized spacial score (nSPS) is 10.8. The van der Waals surface area contributed by atoms with Gasteiger partial charge in [-0.2, -0.15) is 0 Å². The Hall–Kier alpha value is -1.72. The number of para-hydroxylation sites is 1. The number of benzene rings is 1. The van der Waals surface area contributed by atoms with Crippen LogP contribution in [0.25, 0.3) is 5.69 Å². The SMILES string of the molecule is CCOCCCc1nnc(CO)n1-c1ccccc1. The van der Waals surface area contributed by atoms with Crippen molar-refractivity contribution >= 4 is 0 Å². The van der Waals surface area contributed by atoms with Crippen molar-refractivity contribution in [2.45, 2.75) is 26.4 Å². The van der Waals surface area contributed by atoms with Gasteiger partial charge in [-0.05, 0) is 25.5 Å². The smallest absolute Gasteiger partial charge is 0.163 e. The maximum absolute atomic E-state index is 9.35. The molecule has 1 aromatic carbocycles. The number of ether oxygens (including phenoxy) is 1. The van der Waals surface area contributed by atoms with Crippen LogP contribution in [0.5, 0.6) is 0 Å². The first-order valence-corrected chi connectivity index (χ1v) is 6.54. The van der Waals surface area contributed by atoms with Crippen LogP contribution in [-0.4, -0.2) is 33.1 Å². The van der Waals surface area contributed by atoms with E-state index in [0.717, 1.165) is 31.0 Å². The van der Waals surface area contributed by atoms with Gasteiger partial charge in [-0.25, -0.2) is 0 Å². The van der Waals surface area contributed by atoms with Gasteiger partial charge in [-0.15, -0.1) is 10.2 Å². The molecule has 0 fully saturated rings. The first-order chi connectivity index (χ1) is 9.36. The van der Waals surface area contributed by atoms with Crippen LogP contribution in [0, 0.1) is 0 Å². The Bertz CT molecular complexity index is 497. The number of hydrogen-bond donors (Lipinski definition) is 1. The van der Waals surface area contributed by atoms with Crippen LogP contribution in [0.4, 0.5) is 0 Å². The van der Waals surface area contributed by atoms with Gasteiger partial charge < -0.3 is 9.84 Å². The van der Waals surface area contributed by atoms with Crippen LogP contribution < -0.4 is 0 Å². The molecule has 19 heavy (non-hydrogen) atoms. The molecule has 1 heterocycles. The molecule has 0 saturated carbocycles. The number of aryl methyl sites for hydroxylation is 1. The summed E-state index contributed by atoms with van der Waals surface area (Å²) in [6.45, 7) is 3.31. The van der Waals surface area contributed by atoms with Gasteiger partial charge in [0.15, 0.2) is 5.82 Å². The highest BCUT2D eigenvalue weighted by molar-refractivity contribution is 5.33. The predicted molar refractivity (Wildman–Crippen MR) is 72.1 cm³/mol. The highest BCUT2D eigenvalue weighted by atomic mass is 16.5. The fourth-order valence-corrected chi connectivity index (χ4v) is 1.97. The van der Waals surface area contributed by atoms with E-state index in [2.05, 4.69) is 10.2 Å². The Labute approximate surface area is 112 Å². The summed E-state index contributed by atoms with van der Waals surface area (Å²) in [5, 5.41) is 17.5. The molecule has 5 nitrogen and oxygen atoms in total. The molecule has 0 saturated heterocycles. The molecule has 0 bridgehead atoms. The van der Waals surface area contributed by atoms with Gasteiger partial charge in [0.2, 0.25) is 0 Å². The van der Waals surface area contributed by atoms with E-state index < -0.39 is 0 Å². The molecule has 0 atom stereocenters. The van der Waals surface area contributed by atoms with Gasteiger partial charge in [0.25, 0.3) is 0 Å². The second-order valence-electron chi connectivity index (χ2n) is 4.16. The molecule has 1 N–H and O–H groups in total. The van der Waals surface area contributed by atoms with E-state index in [1.54, 1.807) is 0 Å². The van der Waals surface area contributed by atoms with Crippen molar-refractivity contribution in [2.24, 2.45) is 0 Å². The molecule has 102 valence electrons. The van der Waals surface area contributed by atoms with Crippen molar-refractivity contribution in [3.05, 3.63) is 42.0 Å². The van der Waals surface area contributed by atoms with Crippen molar-refractivity contribution in [3.63, 3.8) is 0 Å². The van der Waals surface area contributed by atoms with Crippen molar-refractivity contribution in [1.82, 2.24) is 14.8 Å². The van der Waals surface area contributed by atoms with E-state index in [1.165, 1.54) is 0 Å². The third-order valence-electron chi connectivity index (χ3n) is 2.85. The van der Waals surface area contributed by atoms with E-state index in [9.17, 15) is 5.11 Å². The third kappa shape index (κ3) is 3.39. The van der Waals surface area contributed by atoms with Crippen LogP contribution in [0.15, 0.2) is 30.3 Å². The zero-order chi connectivity index (χ0) is 13.5. The van der Waals surface area contributed by atoms with E-state index >= 15 is 0 Å². The molecule has 0 aliphatic rings. The molecule has 0 radical (unpaired) electrons. The molecular formula is C14H19N3O2. The topological polar surface area (TPSA) is 60.2 Å². The summed E-state index contributed by atoms with van der Waals surface area (Å²) >= 11 is 0. The molecule has 1 aromatic heterocycles. The quantitative estimate of drug-likeness (QED) is 0.771. The van der Waals surface area contributed by atoms with Gasteiger partial charge in [0, 0.05) is 25.3 Å². The Morgan fingerprint density at radius 1 is 1.16 bits per heavy atom. The lowest BCUT2D eigenvalue weighted by atomic mass is 10.2. The fourth-order valence-electron chi connectivity index (χ4n) is 1.97. The number of aliphatic hydroxyl groups excluding tert-OH is 1. The molecule has 0 unspecified atom stereocenters. The maximum atomic E-state index is 9.35. The second-order valence-corrected chi connectivity index (χ2v) is 4.16. The lowest BCUT2D eigenvalue weighted by molar-refractivity contribution is 0.144. The van der Waals surface area contributed by atoms with Gasteiger partial charge in [-0.3, -0.25) is 4.57 Å². The van der Waals surface area contributed by atoms with Crippen molar-refractivity contribution in [2.75, 3.05) is 13.2 Å². The van der Waals surface area contributed by atoms with E-state index in [1.807, 2.05) is 41.8 Å². The van der Waals surface area contributed by atoms with Gasteiger partial charge in [0.1, 0.15) is 12.4 Å². The number of hydrogen-bond acceptors (Lipinski definition) is 4. The van der Waals surface area contributed by atoms with Crippen LogP contribution >= 0.6 is 0 Å². The summed E-state index contributed by atoms with van der Waals surface area (Å²) in [4.78, 5) is 0. The fraction of sp³-hybridized carbons (Fsp3) is 0.429. The zero-order valence-corrected chi connectivity index (χ0v) is 11.1. The molecule has 0 spiro atoms. The number of aliphatic hydroxyl groups is 1. The van der Waals surface area contributed by atoms with Crippen molar-refractivity contribution in [3.8, 4) is 5.69 Å². The molecule has 0 amide bonds. The lowest BCUT2D eigenvalue weighted by Gasteiger charge is -2.09. The number of aromatic nitrogens is 3. The molecule has 2 aromatic rings. The van der Waals surface area contributed by atoms with Gasteiger partial charge in [0.05, 0.1) is 0 Å². The maximum Gasteiger partial charge on any atom is 0.163 e. The minimum absolute atomic E-state index is 0.118.